The largest absolute Gasteiger partial charge is 0.663 e. The van der Waals surface area contributed by atoms with Crippen LogP contribution >= 0.6 is 7.60 Å². The van der Waals surface area contributed by atoms with E-state index >= 15 is 0 Å². The van der Waals surface area contributed by atoms with Crippen LogP contribution in [0.2, 0.25) is 0 Å². The van der Waals surface area contributed by atoms with E-state index in [-0.39, 0.29) is 84.9 Å². The standard InChI is InChI=1S/C14H27NO7.C8H18NO4.2C6H14.C3H7NO.C2H7O3P.CH3.Y/c1-3-4-15-11(17)8-20-5-6-21-14-13(19)12(18)9(2)10(7-16)22-14;1-5(7(12)4-10)8(13)6(11)3-9-2;2*1-4-6(3)5-2;1-3(5)4-2;1-5-6(2,3)4;;/h9-10,12-14,16,18-19H,3-8H2,1-2H3,(H,15,17);5-8,10-13H,3-4H2,1-2H3;2*6H,4-5H2,1-3H3;1-2H3,(H,4,5);1-2H3,(H,3,4);1H3;/q;-1;;;;;-1;/t9-,10?,12+,13?,14-;5-,6?,7?,8+;;;;;;/m11....../s1. The van der Waals surface area contributed by atoms with Gasteiger partial charge in [-0.05, 0) is 18.3 Å². The predicted octanol–water partition coefficient (Wildman–Crippen LogP) is 2.85. The fourth-order valence-electron chi connectivity index (χ4n) is 3.74. The van der Waals surface area contributed by atoms with Crippen molar-refractivity contribution in [2.75, 3.05) is 74.0 Å². The Balaban J connectivity index is -0.000000126. The van der Waals surface area contributed by atoms with E-state index in [2.05, 4.69) is 62.0 Å². The molecule has 2 amide bonds. The Morgan fingerprint density at radius 1 is 0.900 bits per heavy atom. The van der Waals surface area contributed by atoms with Crippen molar-refractivity contribution < 1.29 is 106 Å². The van der Waals surface area contributed by atoms with Crippen LogP contribution < -0.4 is 10.6 Å². The number of hydrogen-bond acceptors (Lipinski definition) is 14. The van der Waals surface area contributed by atoms with Crippen LogP contribution in [0.1, 0.15) is 101 Å². The zero-order valence-corrected chi connectivity index (χ0v) is 43.5. The smallest absolute Gasteiger partial charge is 0.324 e. The van der Waals surface area contributed by atoms with Gasteiger partial charge < -0.3 is 82.8 Å². The molecule has 1 aliphatic heterocycles. The molecule has 20 heteroatoms. The molecule has 10 N–H and O–H groups in total. The van der Waals surface area contributed by atoms with Gasteiger partial charge in [-0.1, -0.05) is 88.0 Å². The Morgan fingerprint density at radius 2 is 1.35 bits per heavy atom. The molecule has 0 aromatic heterocycles. The van der Waals surface area contributed by atoms with Crippen LogP contribution in [0.3, 0.4) is 0 Å². The molecule has 0 saturated carbocycles. The van der Waals surface area contributed by atoms with Crippen LogP contribution in [-0.2, 0) is 65.6 Å². The fraction of sp³-hybridized carbons (Fsp3) is 0.925. The molecule has 0 spiro atoms. The number of likely N-dealkylation sites (N-methyl/N-ethyl adjacent to an activating group) is 1. The molecule has 365 valence electrons. The fourth-order valence-corrected chi connectivity index (χ4v) is 3.74. The van der Waals surface area contributed by atoms with E-state index in [1.807, 2.05) is 6.92 Å². The molecule has 5 unspecified atom stereocenters. The number of amides is 2. The van der Waals surface area contributed by atoms with Gasteiger partial charge in [0.05, 0.1) is 56.9 Å². The second-order valence-corrected chi connectivity index (χ2v) is 16.1. The van der Waals surface area contributed by atoms with Gasteiger partial charge in [0.1, 0.15) is 12.7 Å². The maximum Gasteiger partial charge on any atom is 0.324 e. The Hall–Kier alpha value is -0.246. The van der Waals surface area contributed by atoms with Crippen molar-refractivity contribution in [1.29, 1.82) is 0 Å². The van der Waals surface area contributed by atoms with Gasteiger partial charge in [-0.15, -0.1) is 6.54 Å². The maximum absolute atomic E-state index is 11.3. The van der Waals surface area contributed by atoms with Crippen molar-refractivity contribution in [2.24, 2.45) is 23.7 Å². The van der Waals surface area contributed by atoms with Gasteiger partial charge in [-0.2, -0.15) is 7.05 Å². The number of carbonyl (C=O) groups is 2. The van der Waals surface area contributed by atoms with Crippen molar-refractivity contribution in [1.82, 2.24) is 10.6 Å². The molecule has 1 rings (SSSR count). The summed E-state index contributed by atoms with van der Waals surface area (Å²) in [6, 6.07) is 0. The summed E-state index contributed by atoms with van der Waals surface area (Å²) in [4.78, 5) is 29.1. The van der Waals surface area contributed by atoms with Gasteiger partial charge in [-0.25, -0.2) is 0 Å². The van der Waals surface area contributed by atoms with Crippen molar-refractivity contribution in [3.8, 4) is 0 Å². The van der Waals surface area contributed by atoms with Crippen LogP contribution in [0.25, 0.3) is 5.32 Å². The molecule has 0 bridgehead atoms. The minimum atomic E-state index is -3.15. The summed E-state index contributed by atoms with van der Waals surface area (Å²) in [7, 11) is 1.18. The molecule has 1 saturated heterocycles. The van der Waals surface area contributed by atoms with E-state index < -0.39 is 69.0 Å². The number of aliphatic hydroxyl groups excluding tert-OH is 7. The zero-order chi connectivity index (χ0) is 46.4. The Bertz CT molecular complexity index is 957. The number of nitrogens with one attached hydrogen (secondary N) is 2. The summed E-state index contributed by atoms with van der Waals surface area (Å²) in [6.07, 6.45) is -0.723. The van der Waals surface area contributed by atoms with E-state index in [1.165, 1.54) is 46.8 Å². The summed E-state index contributed by atoms with van der Waals surface area (Å²) in [5, 5.41) is 74.2. The first-order chi connectivity index (χ1) is 27.0. The van der Waals surface area contributed by atoms with Crippen molar-refractivity contribution >= 4 is 19.4 Å². The summed E-state index contributed by atoms with van der Waals surface area (Å²) < 4.78 is 29.8. The van der Waals surface area contributed by atoms with E-state index in [4.69, 9.17) is 29.3 Å². The van der Waals surface area contributed by atoms with Crippen molar-refractivity contribution in [3.63, 3.8) is 0 Å². The summed E-state index contributed by atoms with van der Waals surface area (Å²) >= 11 is 0. The summed E-state index contributed by atoms with van der Waals surface area (Å²) in [5.41, 5.74) is 0. The van der Waals surface area contributed by atoms with E-state index in [9.17, 15) is 39.7 Å². The minimum Gasteiger partial charge on any atom is -0.663 e. The molecule has 1 heterocycles. The molecule has 1 radical (unpaired) electrons. The average Bonchev–Trinajstić information content (AvgIpc) is 3.21. The SMILES string of the molecule is CCC(C)CC.CCC(C)CC.CCCNC(=O)COCCO[C@@H]1OC(CO)[C@@H](C)[C@H](O)C1O.CNC(C)=O.COP(C)(=O)O.C[N-]CC(O)[C@@H](O)[C@H](C)C(O)CO.[CH3-].[Y]. The number of ether oxygens (including phenoxy) is 3. The molecule has 0 aromatic rings. The van der Waals surface area contributed by atoms with Crippen LogP contribution in [0.5, 0.6) is 0 Å². The monoisotopic (exact) mass is 973 g/mol. The van der Waals surface area contributed by atoms with Gasteiger partial charge in [0.25, 0.3) is 0 Å². The molecule has 0 aromatic carbocycles. The molecule has 1 aliphatic rings. The molecular formula is C40H90N3O15PY-2. The Morgan fingerprint density at radius 3 is 1.67 bits per heavy atom. The van der Waals surface area contributed by atoms with Gasteiger partial charge in [0.15, 0.2) is 6.29 Å². The van der Waals surface area contributed by atoms with Gasteiger partial charge in [0.2, 0.25) is 11.8 Å². The number of aliphatic hydroxyl groups is 7. The van der Waals surface area contributed by atoms with Gasteiger partial charge >= 0.3 is 7.60 Å². The van der Waals surface area contributed by atoms with Crippen LogP contribution in [0.4, 0.5) is 0 Å². The van der Waals surface area contributed by atoms with Gasteiger partial charge in [0, 0.05) is 78.8 Å². The number of rotatable bonds is 20. The van der Waals surface area contributed by atoms with Crippen molar-refractivity contribution in [2.45, 2.75) is 144 Å². The summed E-state index contributed by atoms with van der Waals surface area (Å²) in [6.45, 7) is 21.5. The number of nitrogens with zero attached hydrogens (tertiary/aromatic N) is 1. The maximum atomic E-state index is 11.3. The molecule has 60 heavy (non-hydrogen) atoms. The average molecular weight is 973 g/mol. The third-order valence-corrected chi connectivity index (χ3v) is 9.81. The van der Waals surface area contributed by atoms with Gasteiger partial charge in [-0.3, -0.25) is 14.2 Å². The second-order valence-electron chi connectivity index (χ2n) is 14.1. The zero-order valence-electron chi connectivity index (χ0n) is 39.7. The summed E-state index contributed by atoms with van der Waals surface area (Å²) in [5.74, 6) is 0.723. The minimum absolute atomic E-state index is 0. The van der Waals surface area contributed by atoms with E-state index in [0.717, 1.165) is 24.9 Å². The first-order valence-electron chi connectivity index (χ1n) is 20.3. The normalized spacial score (nSPS) is 20.8. The first-order valence-corrected chi connectivity index (χ1v) is 22.4. The molecule has 18 nitrogen and oxygen atoms in total. The molecule has 10 atom stereocenters. The van der Waals surface area contributed by atoms with Crippen LogP contribution in [0.15, 0.2) is 0 Å². The van der Waals surface area contributed by atoms with Crippen LogP contribution in [-0.4, -0.2) is 169 Å². The molecular weight excluding hydrogens is 882 g/mol. The van der Waals surface area contributed by atoms with Crippen LogP contribution in [0, 0.1) is 31.1 Å². The third kappa shape index (κ3) is 45.8. The molecule has 0 aliphatic carbocycles. The quantitative estimate of drug-likeness (QED) is 0.0477. The topological polar surface area (TPSA) is 288 Å². The number of carbonyl (C=O) groups excluding carboxylic acids is 2. The van der Waals surface area contributed by atoms with Crippen molar-refractivity contribution in [3.05, 3.63) is 12.7 Å². The van der Waals surface area contributed by atoms with E-state index in [0.29, 0.717) is 6.54 Å². The molecule has 1 fully saturated rings. The second kappa shape index (κ2) is 48.2. The number of hydrogen-bond donors (Lipinski definition) is 10. The third-order valence-electron chi connectivity index (χ3n) is 9.13. The first kappa shape index (κ1) is 74.1. The predicted molar refractivity (Wildman–Crippen MR) is 234 cm³/mol. The Kier molecular flexibility index (Phi) is 59.6. The van der Waals surface area contributed by atoms with E-state index in [1.54, 1.807) is 20.9 Å². The Labute approximate surface area is 389 Å².